The van der Waals surface area contributed by atoms with E-state index in [1.54, 1.807) is 5.57 Å². The summed E-state index contributed by atoms with van der Waals surface area (Å²) in [5, 5.41) is 0. The molecule has 0 spiro atoms. The Balaban J connectivity index is 1.49. The molecule has 0 atom stereocenters. The first-order valence-corrected chi connectivity index (χ1v) is 11.0. The van der Waals surface area contributed by atoms with E-state index in [1.807, 2.05) is 18.2 Å². The molecule has 0 bridgehead atoms. The summed E-state index contributed by atoms with van der Waals surface area (Å²) in [4.78, 5) is 17.4. The third kappa shape index (κ3) is 5.22. The fourth-order valence-electron chi connectivity index (χ4n) is 4.38. The van der Waals surface area contributed by atoms with Crippen molar-refractivity contribution in [1.29, 1.82) is 0 Å². The summed E-state index contributed by atoms with van der Waals surface area (Å²) >= 11 is 0. The first-order chi connectivity index (χ1) is 13.2. The first kappa shape index (κ1) is 20.1. The summed E-state index contributed by atoms with van der Waals surface area (Å²) in [6.45, 7) is 8.66. The summed E-state index contributed by atoms with van der Waals surface area (Å²) in [5.74, 6) is 0.241. The van der Waals surface area contributed by atoms with Crippen molar-refractivity contribution < 1.29 is 4.79 Å². The minimum atomic E-state index is 0.241. The fraction of sp³-hybridized carbons (Fsp3) is 0.625. The molecule has 1 amide bonds. The molecule has 0 N–H and O–H groups in total. The molecule has 2 aliphatic heterocycles. The van der Waals surface area contributed by atoms with Crippen LogP contribution >= 0.6 is 0 Å². The average molecular weight is 369 g/mol. The molecule has 27 heavy (non-hydrogen) atoms. The molecule has 0 aromatic heterocycles. The molecule has 0 saturated carbocycles. The van der Waals surface area contributed by atoms with Gasteiger partial charge in [-0.3, -0.25) is 9.69 Å². The molecule has 2 aliphatic rings. The van der Waals surface area contributed by atoms with E-state index in [9.17, 15) is 4.79 Å². The Kier molecular flexibility index (Phi) is 7.51. The van der Waals surface area contributed by atoms with Gasteiger partial charge in [0.15, 0.2) is 0 Å². The highest BCUT2D eigenvalue weighted by Crippen LogP contribution is 2.28. The minimum Gasteiger partial charge on any atom is -0.331 e. The molecule has 1 fully saturated rings. The van der Waals surface area contributed by atoms with Crippen molar-refractivity contribution in [2.24, 2.45) is 0 Å². The van der Waals surface area contributed by atoms with Crippen LogP contribution in [-0.2, 0) is 6.54 Å². The van der Waals surface area contributed by atoms with Crippen molar-refractivity contribution in [3.63, 3.8) is 0 Å². The van der Waals surface area contributed by atoms with Crippen molar-refractivity contribution in [3.05, 3.63) is 47.0 Å². The highest BCUT2D eigenvalue weighted by atomic mass is 16.2. The van der Waals surface area contributed by atoms with Gasteiger partial charge in [-0.25, -0.2) is 0 Å². The van der Waals surface area contributed by atoms with Gasteiger partial charge in [-0.15, -0.1) is 0 Å². The van der Waals surface area contributed by atoms with Gasteiger partial charge in [0.2, 0.25) is 0 Å². The van der Waals surface area contributed by atoms with Gasteiger partial charge in [-0.2, -0.15) is 0 Å². The van der Waals surface area contributed by atoms with Gasteiger partial charge in [0.1, 0.15) is 0 Å². The van der Waals surface area contributed by atoms with Gasteiger partial charge in [0, 0.05) is 37.8 Å². The van der Waals surface area contributed by atoms with Crippen LogP contribution in [0, 0.1) is 0 Å². The van der Waals surface area contributed by atoms with E-state index in [2.05, 4.69) is 35.8 Å². The number of carbonyl (C=O) groups excluding carboxylic acids is 1. The molecular formula is C24H36N2O. The quantitative estimate of drug-likeness (QED) is 0.544. The van der Waals surface area contributed by atoms with E-state index >= 15 is 0 Å². The Hall–Kier alpha value is -1.61. The zero-order valence-electron chi connectivity index (χ0n) is 17.3. The number of fused-ring (bicyclic) bond motifs is 1. The number of carbonyl (C=O) groups is 1. The maximum atomic E-state index is 12.7. The Morgan fingerprint density at radius 3 is 2.37 bits per heavy atom. The number of rotatable bonds is 9. The predicted molar refractivity (Wildman–Crippen MR) is 113 cm³/mol. The van der Waals surface area contributed by atoms with Crippen molar-refractivity contribution in [1.82, 2.24) is 9.80 Å². The number of allylic oxidation sites excluding steroid dienone is 1. The number of likely N-dealkylation sites (tertiary alicyclic amines) is 1. The van der Waals surface area contributed by atoms with Crippen molar-refractivity contribution in [2.75, 3.05) is 19.6 Å². The van der Waals surface area contributed by atoms with Gasteiger partial charge in [-0.05, 0) is 50.2 Å². The number of unbranched alkanes of at least 4 members (excludes halogenated alkanes) is 2. The van der Waals surface area contributed by atoms with Gasteiger partial charge in [0.05, 0.1) is 0 Å². The average Bonchev–Trinajstić information content (AvgIpc) is 3.05. The summed E-state index contributed by atoms with van der Waals surface area (Å²) in [7, 11) is 0. The van der Waals surface area contributed by atoms with E-state index in [4.69, 9.17) is 0 Å². The maximum Gasteiger partial charge on any atom is 0.254 e. The molecule has 2 heterocycles. The van der Waals surface area contributed by atoms with Crippen LogP contribution < -0.4 is 0 Å². The van der Waals surface area contributed by atoms with Crippen LogP contribution in [0.4, 0.5) is 0 Å². The lowest BCUT2D eigenvalue weighted by atomic mass is 10.0. The van der Waals surface area contributed by atoms with E-state index in [1.165, 1.54) is 44.1 Å². The maximum absolute atomic E-state index is 12.7. The number of nitrogens with zero attached hydrogens (tertiary/aromatic N) is 2. The van der Waals surface area contributed by atoms with Crippen LogP contribution in [0.15, 0.2) is 35.9 Å². The normalized spacial score (nSPS) is 18.0. The third-order valence-corrected chi connectivity index (χ3v) is 6.19. The zero-order valence-corrected chi connectivity index (χ0v) is 17.3. The first-order valence-electron chi connectivity index (χ1n) is 11.0. The van der Waals surface area contributed by atoms with Gasteiger partial charge < -0.3 is 4.90 Å². The minimum absolute atomic E-state index is 0.241. The van der Waals surface area contributed by atoms with Crippen LogP contribution in [0.3, 0.4) is 0 Å². The smallest absolute Gasteiger partial charge is 0.254 e. The summed E-state index contributed by atoms with van der Waals surface area (Å²) < 4.78 is 0. The lowest BCUT2D eigenvalue weighted by molar-refractivity contribution is 0.0606. The summed E-state index contributed by atoms with van der Waals surface area (Å²) in [5.41, 5.74) is 3.77. The van der Waals surface area contributed by atoms with Crippen molar-refractivity contribution in [3.8, 4) is 0 Å². The van der Waals surface area contributed by atoms with Crippen molar-refractivity contribution in [2.45, 2.75) is 77.8 Å². The molecule has 0 radical (unpaired) electrons. The van der Waals surface area contributed by atoms with Gasteiger partial charge >= 0.3 is 0 Å². The molecule has 0 aliphatic carbocycles. The molecule has 1 aromatic rings. The molecule has 1 saturated heterocycles. The van der Waals surface area contributed by atoms with Gasteiger partial charge in [-0.1, -0.05) is 56.5 Å². The SMILES string of the molecule is CCCCC(=CCN1CCC(N2Cc3ccccc3C2=O)CC1)CCCC. The highest BCUT2D eigenvalue weighted by molar-refractivity contribution is 5.98. The molecule has 148 valence electrons. The number of piperidine rings is 1. The Bertz CT molecular complexity index is 634. The van der Waals surface area contributed by atoms with E-state index in [0.717, 1.165) is 44.6 Å². The van der Waals surface area contributed by atoms with Crippen LogP contribution in [0.2, 0.25) is 0 Å². The lowest BCUT2D eigenvalue weighted by Crippen LogP contribution is -2.45. The second-order valence-electron chi connectivity index (χ2n) is 8.19. The van der Waals surface area contributed by atoms with E-state index in [-0.39, 0.29) is 5.91 Å². The Morgan fingerprint density at radius 2 is 1.74 bits per heavy atom. The topological polar surface area (TPSA) is 23.6 Å². The van der Waals surface area contributed by atoms with E-state index < -0.39 is 0 Å². The zero-order chi connectivity index (χ0) is 19.1. The standard InChI is InChI=1S/C24H36N2O/c1-3-5-9-20(10-6-4-2)13-16-25-17-14-22(15-18-25)26-19-21-11-7-8-12-23(21)24(26)27/h7-8,11-13,22H,3-6,9-10,14-19H2,1-2H3. The number of hydrogen-bond donors (Lipinski definition) is 0. The molecule has 3 rings (SSSR count). The van der Waals surface area contributed by atoms with Crippen molar-refractivity contribution >= 4 is 5.91 Å². The number of hydrogen-bond acceptors (Lipinski definition) is 2. The Labute approximate surface area is 165 Å². The lowest BCUT2D eigenvalue weighted by Gasteiger charge is -2.36. The van der Waals surface area contributed by atoms with Crippen LogP contribution in [0.5, 0.6) is 0 Å². The summed E-state index contributed by atoms with van der Waals surface area (Å²) in [6, 6.07) is 8.50. The largest absolute Gasteiger partial charge is 0.331 e. The van der Waals surface area contributed by atoms with Crippen LogP contribution in [-0.4, -0.2) is 41.4 Å². The van der Waals surface area contributed by atoms with Gasteiger partial charge in [0.25, 0.3) is 5.91 Å². The molecule has 0 unspecified atom stereocenters. The number of amides is 1. The fourth-order valence-corrected chi connectivity index (χ4v) is 4.38. The Morgan fingerprint density at radius 1 is 1.07 bits per heavy atom. The molecular weight excluding hydrogens is 332 g/mol. The second kappa shape index (κ2) is 10.1. The number of benzene rings is 1. The summed E-state index contributed by atoms with van der Waals surface area (Å²) in [6.07, 6.45) is 12.4. The second-order valence-corrected chi connectivity index (χ2v) is 8.19. The molecule has 1 aromatic carbocycles. The monoisotopic (exact) mass is 368 g/mol. The molecule has 3 heteroatoms. The van der Waals surface area contributed by atoms with Crippen LogP contribution in [0.1, 0.15) is 81.1 Å². The molecule has 3 nitrogen and oxygen atoms in total. The third-order valence-electron chi connectivity index (χ3n) is 6.19. The van der Waals surface area contributed by atoms with Crippen LogP contribution in [0.25, 0.3) is 0 Å². The predicted octanol–water partition coefficient (Wildman–Crippen LogP) is 5.41. The van der Waals surface area contributed by atoms with E-state index in [0.29, 0.717) is 6.04 Å². The highest BCUT2D eigenvalue weighted by Gasteiger charge is 2.33.